The minimum absolute atomic E-state index is 0.0167. The first-order chi connectivity index (χ1) is 14.7. The van der Waals surface area contributed by atoms with Crippen LogP contribution in [0, 0.1) is 11.3 Å². The Kier molecular flexibility index (Phi) is 6.89. The molecule has 3 heteroatoms. The van der Waals surface area contributed by atoms with Crippen LogP contribution in [0.1, 0.15) is 62.0 Å². The Bertz CT molecular complexity index is 763. The van der Waals surface area contributed by atoms with E-state index in [1.807, 2.05) is 0 Å². The highest BCUT2D eigenvalue weighted by Gasteiger charge is 2.47. The molecular formula is C27H35NO2. The molecule has 1 saturated carbocycles. The monoisotopic (exact) mass is 405 g/mol. The van der Waals surface area contributed by atoms with Gasteiger partial charge in [0.2, 0.25) is 0 Å². The van der Waals surface area contributed by atoms with Crippen molar-refractivity contribution >= 4 is 5.97 Å². The van der Waals surface area contributed by atoms with Gasteiger partial charge in [-0.25, -0.2) is 0 Å². The van der Waals surface area contributed by atoms with Crippen molar-refractivity contribution in [2.24, 2.45) is 11.3 Å². The standard InChI is InChI=1S/C27H35NO2/c1-30-26(29)25-15-8-9-17-27(25)18-10-19-28(21-27)20-16-24(22-11-4-2-5-12-22)23-13-6-3-7-14-23/h2-7,11-14,24-25H,8-10,15-21H2,1H3/t25-,27+/m0/s1. The van der Waals surface area contributed by atoms with Gasteiger partial charge in [0, 0.05) is 12.5 Å². The summed E-state index contributed by atoms with van der Waals surface area (Å²) < 4.78 is 5.21. The van der Waals surface area contributed by atoms with Crippen molar-refractivity contribution in [2.75, 3.05) is 26.7 Å². The lowest BCUT2D eigenvalue weighted by molar-refractivity contribution is -0.155. The third-order valence-electron chi connectivity index (χ3n) is 7.47. The molecule has 1 aliphatic carbocycles. The average molecular weight is 406 g/mol. The molecule has 2 aliphatic rings. The van der Waals surface area contributed by atoms with Gasteiger partial charge in [0.05, 0.1) is 13.0 Å². The van der Waals surface area contributed by atoms with Gasteiger partial charge in [-0.3, -0.25) is 4.79 Å². The lowest BCUT2D eigenvalue weighted by Crippen LogP contribution is -2.51. The van der Waals surface area contributed by atoms with Crippen molar-refractivity contribution in [2.45, 2.75) is 50.9 Å². The highest BCUT2D eigenvalue weighted by Crippen LogP contribution is 2.48. The van der Waals surface area contributed by atoms with E-state index in [1.54, 1.807) is 7.11 Å². The van der Waals surface area contributed by atoms with Crippen molar-refractivity contribution in [1.82, 2.24) is 4.90 Å². The van der Waals surface area contributed by atoms with E-state index in [9.17, 15) is 4.79 Å². The zero-order valence-corrected chi connectivity index (χ0v) is 18.3. The van der Waals surface area contributed by atoms with E-state index in [0.717, 1.165) is 38.9 Å². The lowest BCUT2D eigenvalue weighted by Gasteiger charge is -2.49. The van der Waals surface area contributed by atoms with Crippen LogP contribution in [-0.4, -0.2) is 37.6 Å². The van der Waals surface area contributed by atoms with Crippen molar-refractivity contribution in [3.8, 4) is 0 Å². The second-order valence-corrected chi connectivity index (χ2v) is 9.23. The fraction of sp³-hybridized carbons (Fsp3) is 0.519. The predicted molar refractivity (Wildman–Crippen MR) is 121 cm³/mol. The van der Waals surface area contributed by atoms with Gasteiger partial charge in [-0.05, 0) is 61.7 Å². The van der Waals surface area contributed by atoms with Crippen molar-refractivity contribution in [1.29, 1.82) is 0 Å². The Hall–Kier alpha value is -2.13. The van der Waals surface area contributed by atoms with Crippen LogP contribution in [0.25, 0.3) is 0 Å². The SMILES string of the molecule is COC(=O)[C@@H]1CCCC[C@]12CCCN(CCC(c1ccccc1)c1ccccc1)C2. The summed E-state index contributed by atoms with van der Waals surface area (Å²) >= 11 is 0. The fourth-order valence-corrected chi connectivity index (χ4v) is 5.96. The maximum absolute atomic E-state index is 12.5. The topological polar surface area (TPSA) is 29.5 Å². The van der Waals surface area contributed by atoms with Crippen LogP contribution in [-0.2, 0) is 9.53 Å². The van der Waals surface area contributed by atoms with E-state index >= 15 is 0 Å². The van der Waals surface area contributed by atoms with Crippen molar-refractivity contribution in [3.05, 3.63) is 71.8 Å². The van der Waals surface area contributed by atoms with Crippen molar-refractivity contribution in [3.63, 3.8) is 0 Å². The summed E-state index contributed by atoms with van der Waals surface area (Å²) in [6.45, 7) is 3.26. The van der Waals surface area contributed by atoms with Crippen LogP contribution in [0.2, 0.25) is 0 Å². The van der Waals surface area contributed by atoms with E-state index < -0.39 is 0 Å². The quantitative estimate of drug-likeness (QED) is 0.581. The number of ether oxygens (including phenoxy) is 1. The van der Waals surface area contributed by atoms with E-state index in [-0.39, 0.29) is 17.3 Å². The number of rotatable bonds is 6. The summed E-state index contributed by atoms with van der Waals surface area (Å²) in [6, 6.07) is 21.8. The molecule has 1 heterocycles. The summed E-state index contributed by atoms with van der Waals surface area (Å²) in [5.41, 5.74) is 2.90. The summed E-state index contributed by atoms with van der Waals surface area (Å²) in [5, 5.41) is 0. The van der Waals surface area contributed by atoms with Gasteiger partial charge in [0.1, 0.15) is 0 Å². The number of carbonyl (C=O) groups excluding carboxylic acids is 1. The number of carbonyl (C=O) groups is 1. The maximum Gasteiger partial charge on any atom is 0.309 e. The van der Waals surface area contributed by atoms with E-state index in [4.69, 9.17) is 4.74 Å². The molecule has 2 aromatic carbocycles. The number of piperidine rings is 1. The van der Waals surface area contributed by atoms with E-state index in [1.165, 1.54) is 36.8 Å². The number of nitrogens with zero attached hydrogens (tertiary/aromatic N) is 1. The van der Waals surface area contributed by atoms with Gasteiger partial charge in [-0.1, -0.05) is 73.5 Å². The van der Waals surface area contributed by atoms with Crippen LogP contribution in [0.3, 0.4) is 0 Å². The number of benzene rings is 2. The van der Waals surface area contributed by atoms with Gasteiger partial charge >= 0.3 is 5.97 Å². The molecular weight excluding hydrogens is 370 g/mol. The fourth-order valence-electron chi connectivity index (χ4n) is 5.96. The molecule has 30 heavy (non-hydrogen) atoms. The average Bonchev–Trinajstić information content (AvgIpc) is 2.81. The number of likely N-dealkylation sites (tertiary alicyclic amines) is 1. The normalized spacial score (nSPS) is 24.8. The van der Waals surface area contributed by atoms with E-state index in [0.29, 0.717) is 5.92 Å². The summed E-state index contributed by atoms with van der Waals surface area (Å²) in [5.74, 6) is 0.508. The zero-order valence-electron chi connectivity index (χ0n) is 18.3. The van der Waals surface area contributed by atoms with Gasteiger partial charge in [0.25, 0.3) is 0 Å². The molecule has 1 spiro atoms. The molecule has 0 radical (unpaired) electrons. The molecule has 0 amide bonds. The zero-order chi connectivity index (χ0) is 20.8. The molecule has 2 aromatic rings. The molecule has 0 N–H and O–H groups in total. The van der Waals surface area contributed by atoms with Gasteiger partial charge in [-0.2, -0.15) is 0 Å². The molecule has 2 atom stereocenters. The minimum atomic E-state index is 0.0167. The van der Waals surface area contributed by atoms with Gasteiger partial charge in [0.15, 0.2) is 0 Å². The lowest BCUT2D eigenvalue weighted by atomic mass is 9.62. The molecule has 2 fully saturated rings. The number of esters is 1. The van der Waals surface area contributed by atoms with E-state index in [2.05, 4.69) is 65.6 Å². The number of hydrogen-bond acceptors (Lipinski definition) is 3. The predicted octanol–water partition coefficient (Wildman–Crippen LogP) is 5.65. The Labute approximate surface area is 181 Å². The summed E-state index contributed by atoms with van der Waals surface area (Å²) in [6.07, 6.45) is 8.04. The van der Waals surface area contributed by atoms with Crippen LogP contribution < -0.4 is 0 Å². The molecule has 1 aliphatic heterocycles. The van der Waals surface area contributed by atoms with Crippen molar-refractivity contribution < 1.29 is 9.53 Å². The van der Waals surface area contributed by atoms with Crippen LogP contribution in [0.15, 0.2) is 60.7 Å². The first-order valence-corrected chi connectivity index (χ1v) is 11.6. The molecule has 0 unspecified atom stereocenters. The second-order valence-electron chi connectivity index (χ2n) is 9.23. The second kappa shape index (κ2) is 9.78. The number of methoxy groups -OCH3 is 1. The number of hydrogen-bond donors (Lipinski definition) is 0. The Morgan fingerprint density at radius 3 is 2.27 bits per heavy atom. The highest BCUT2D eigenvalue weighted by molar-refractivity contribution is 5.73. The Morgan fingerprint density at radius 1 is 1.00 bits per heavy atom. The van der Waals surface area contributed by atoms with Crippen LogP contribution >= 0.6 is 0 Å². The van der Waals surface area contributed by atoms with Crippen LogP contribution in [0.5, 0.6) is 0 Å². The smallest absolute Gasteiger partial charge is 0.309 e. The summed E-state index contributed by atoms with van der Waals surface area (Å²) in [4.78, 5) is 15.2. The third-order valence-corrected chi connectivity index (χ3v) is 7.47. The molecule has 1 saturated heterocycles. The van der Waals surface area contributed by atoms with Gasteiger partial charge < -0.3 is 9.64 Å². The molecule has 0 bridgehead atoms. The molecule has 0 aromatic heterocycles. The maximum atomic E-state index is 12.5. The molecule has 4 rings (SSSR count). The molecule has 3 nitrogen and oxygen atoms in total. The minimum Gasteiger partial charge on any atom is -0.469 e. The largest absolute Gasteiger partial charge is 0.469 e. The Morgan fingerprint density at radius 2 is 1.63 bits per heavy atom. The first-order valence-electron chi connectivity index (χ1n) is 11.6. The highest BCUT2D eigenvalue weighted by atomic mass is 16.5. The summed E-state index contributed by atoms with van der Waals surface area (Å²) in [7, 11) is 1.55. The Balaban J connectivity index is 1.48. The molecule has 160 valence electrons. The van der Waals surface area contributed by atoms with Crippen LogP contribution in [0.4, 0.5) is 0 Å². The third kappa shape index (κ3) is 4.62. The first kappa shape index (κ1) is 21.1. The van der Waals surface area contributed by atoms with Gasteiger partial charge in [-0.15, -0.1) is 0 Å².